The third kappa shape index (κ3) is 13.0. The molecule has 12 nitrogen and oxygen atoms in total. The first-order chi connectivity index (χ1) is 23.9. The van der Waals surface area contributed by atoms with Crippen LogP contribution < -0.4 is 16.0 Å². The SMILES string of the molecule is CC(C)(C)OC(=O)N[C@@H](COCc1ccccc1)C(=O)N(CC(=O)NCCC(=O)OCc1ccccc1)CC(=O)Nc1ccc2c(c1)CCC2. The van der Waals surface area contributed by atoms with Crippen LogP contribution in [0.5, 0.6) is 0 Å². The van der Waals surface area contributed by atoms with E-state index in [1.54, 1.807) is 20.8 Å². The van der Waals surface area contributed by atoms with E-state index in [9.17, 15) is 24.0 Å². The van der Waals surface area contributed by atoms with Gasteiger partial charge in [0.1, 0.15) is 31.3 Å². The number of alkyl carbamates (subject to hydrolysis) is 1. The molecule has 0 spiro atoms. The molecular formula is C38H46N4O8. The van der Waals surface area contributed by atoms with Crippen LogP contribution in [0, 0.1) is 0 Å². The lowest BCUT2D eigenvalue weighted by molar-refractivity contribution is -0.145. The van der Waals surface area contributed by atoms with Gasteiger partial charge >= 0.3 is 12.1 Å². The molecule has 4 rings (SSSR count). The summed E-state index contributed by atoms with van der Waals surface area (Å²) < 4.78 is 16.5. The summed E-state index contributed by atoms with van der Waals surface area (Å²) in [5.74, 6) is -2.38. The summed E-state index contributed by atoms with van der Waals surface area (Å²) in [7, 11) is 0. The Balaban J connectivity index is 1.43. The highest BCUT2D eigenvalue weighted by atomic mass is 16.6. The van der Waals surface area contributed by atoms with Gasteiger partial charge in [0, 0.05) is 12.2 Å². The van der Waals surface area contributed by atoms with Gasteiger partial charge in [-0.3, -0.25) is 19.2 Å². The summed E-state index contributed by atoms with van der Waals surface area (Å²) in [6.07, 6.45) is 2.00. The highest BCUT2D eigenvalue weighted by Crippen LogP contribution is 2.25. The molecule has 0 aromatic heterocycles. The Morgan fingerprint density at radius 2 is 1.44 bits per heavy atom. The number of nitrogens with zero attached hydrogens (tertiary/aromatic N) is 1. The van der Waals surface area contributed by atoms with Crippen LogP contribution in [-0.2, 0) is 59.4 Å². The lowest BCUT2D eigenvalue weighted by Gasteiger charge is -2.28. The monoisotopic (exact) mass is 686 g/mol. The second kappa shape index (κ2) is 18.5. The van der Waals surface area contributed by atoms with Gasteiger partial charge in [0.15, 0.2) is 0 Å². The lowest BCUT2D eigenvalue weighted by atomic mass is 10.1. The van der Waals surface area contributed by atoms with Gasteiger partial charge in [-0.1, -0.05) is 66.7 Å². The number of ether oxygens (including phenoxy) is 3. The number of hydrogen-bond donors (Lipinski definition) is 3. The van der Waals surface area contributed by atoms with Crippen LogP contribution >= 0.6 is 0 Å². The van der Waals surface area contributed by atoms with Gasteiger partial charge in [0.05, 0.1) is 19.6 Å². The number of benzene rings is 3. The maximum Gasteiger partial charge on any atom is 0.408 e. The van der Waals surface area contributed by atoms with Gasteiger partial charge in [0.25, 0.3) is 0 Å². The minimum absolute atomic E-state index is 0.0460. The van der Waals surface area contributed by atoms with Crippen molar-refractivity contribution in [1.29, 1.82) is 0 Å². The van der Waals surface area contributed by atoms with Crippen molar-refractivity contribution in [3.05, 3.63) is 101 Å². The Morgan fingerprint density at radius 3 is 2.12 bits per heavy atom. The van der Waals surface area contributed by atoms with Crippen LogP contribution in [-0.4, -0.2) is 72.6 Å². The molecule has 3 aromatic rings. The Labute approximate surface area is 292 Å². The second-order valence-electron chi connectivity index (χ2n) is 13.0. The first kappa shape index (κ1) is 37.6. The molecule has 4 amide bonds. The van der Waals surface area contributed by atoms with E-state index >= 15 is 0 Å². The quantitative estimate of drug-likeness (QED) is 0.189. The highest BCUT2D eigenvalue weighted by Gasteiger charge is 2.31. The molecule has 12 heteroatoms. The summed E-state index contributed by atoms with van der Waals surface area (Å²) in [4.78, 5) is 66.5. The zero-order chi connectivity index (χ0) is 35.9. The summed E-state index contributed by atoms with van der Waals surface area (Å²) in [6, 6.07) is 22.9. The summed E-state index contributed by atoms with van der Waals surface area (Å²) in [6.45, 7) is 3.99. The van der Waals surface area contributed by atoms with Crippen LogP contribution in [0.3, 0.4) is 0 Å². The first-order valence-electron chi connectivity index (χ1n) is 16.7. The number of anilines is 1. The number of nitrogens with one attached hydrogen (secondary N) is 3. The van der Waals surface area contributed by atoms with Gasteiger partial charge in [-0.25, -0.2) is 4.79 Å². The standard InChI is InChI=1S/C38H46N4O8/c1-38(2,3)50-37(47)41-32(26-48-24-27-11-6-4-7-12-27)36(46)42(23-34(44)40-31-18-17-29-15-10-16-30(29)21-31)22-33(43)39-20-19-35(45)49-25-28-13-8-5-9-14-28/h4-9,11-14,17-18,21,32H,10,15-16,19-20,22-26H2,1-3H3,(H,39,43)(H,40,44)(H,41,47)/t32-/m0/s1. The van der Waals surface area contributed by atoms with E-state index in [2.05, 4.69) is 16.0 Å². The van der Waals surface area contributed by atoms with E-state index < -0.39 is 54.5 Å². The van der Waals surface area contributed by atoms with Crippen molar-refractivity contribution in [1.82, 2.24) is 15.5 Å². The molecule has 0 radical (unpaired) electrons. The molecule has 0 saturated carbocycles. The summed E-state index contributed by atoms with van der Waals surface area (Å²) in [5, 5.41) is 7.99. The average molecular weight is 687 g/mol. The fraction of sp³-hybridized carbons (Fsp3) is 0.395. The number of esters is 1. The third-order valence-corrected chi connectivity index (χ3v) is 7.64. The predicted octanol–water partition coefficient (Wildman–Crippen LogP) is 4.30. The topological polar surface area (TPSA) is 152 Å². The van der Waals surface area contributed by atoms with Crippen molar-refractivity contribution >= 4 is 35.5 Å². The van der Waals surface area contributed by atoms with Crippen molar-refractivity contribution < 1.29 is 38.2 Å². The molecule has 0 fully saturated rings. The van der Waals surface area contributed by atoms with E-state index in [4.69, 9.17) is 14.2 Å². The van der Waals surface area contributed by atoms with Gasteiger partial charge in [-0.2, -0.15) is 0 Å². The molecule has 266 valence electrons. The third-order valence-electron chi connectivity index (χ3n) is 7.64. The first-order valence-corrected chi connectivity index (χ1v) is 16.7. The van der Waals surface area contributed by atoms with Crippen LogP contribution in [0.15, 0.2) is 78.9 Å². The maximum absolute atomic E-state index is 14.0. The Morgan fingerprint density at radius 1 is 0.800 bits per heavy atom. The molecule has 1 aliphatic carbocycles. The molecule has 0 heterocycles. The van der Waals surface area contributed by atoms with E-state index in [-0.39, 0.29) is 32.8 Å². The van der Waals surface area contributed by atoms with Crippen molar-refractivity contribution in [2.45, 2.75) is 71.3 Å². The Kier molecular flexibility index (Phi) is 13.9. The van der Waals surface area contributed by atoms with Crippen molar-refractivity contribution in [3.63, 3.8) is 0 Å². The number of fused-ring (bicyclic) bond motifs is 1. The number of amides is 4. The Bertz CT molecular complexity index is 1610. The number of rotatable bonds is 16. The van der Waals surface area contributed by atoms with Gasteiger partial charge in [-0.05, 0) is 74.4 Å². The highest BCUT2D eigenvalue weighted by molar-refractivity contribution is 5.97. The minimum Gasteiger partial charge on any atom is -0.461 e. The van der Waals surface area contributed by atoms with Gasteiger partial charge in [-0.15, -0.1) is 0 Å². The zero-order valence-electron chi connectivity index (χ0n) is 28.9. The van der Waals surface area contributed by atoms with Crippen molar-refractivity contribution in [2.75, 3.05) is 31.6 Å². The van der Waals surface area contributed by atoms with E-state index in [1.165, 1.54) is 5.56 Å². The molecule has 0 bridgehead atoms. The second-order valence-corrected chi connectivity index (χ2v) is 13.0. The van der Waals surface area contributed by atoms with E-state index in [0.717, 1.165) is 40.9 Å². The molecule has 1 aliphatic rings. The molecule has 0 unspecified atom stereocenters. The molecule has 50 heavy (non-hydrogen) atoms. The van der Waals surface area contributed by atoms with Gasteiger partial charge in [0.2, 0.25) is 17.7 Å². The zero-order valence-corrected chi connectivity index (χ0v) is 28.9. The fourth-order valence-corrected chi connectivity index (χ4v) is 5.29. The van der Waals surface area contributed by atoms with Crippen LogP contribution in [0.4, 0.5) is 10.5 Å². The lowest BCUT2D eigenvalue weighted by Crippen LogP contribution is -2.55. The average Bonchev–Trinajstić information content (AvgIpc) is 3.54. The number of hydrogen-bond acceptors (Lipinski definition) is 8. The molecule has 1 atom stereocenters. The molecule has 3 N–H and O–H groups in total. The predicted molar refractivity (Wildman–Crippen MR) is 187 cm³/mol. The van der Waals surface area contributed by atoms with E-state index in [0.29, 0.717) is 5.69 Å². The van der Waals surface area contributed by atoms with Crippen LogP contribution in [0.2, 0.25) is 0 Å². The molecule has 3 aromatic carbocycles. The maximum atomic E-state index is 14.0. The Hall–Kier alpha value is -5.23. The number of aryl methyl sites for hydroxylation is 2. The molecule has 0 saturated heterocycles. The number of carbonyl (C=O) groups is 5. The van der Waals surface area contributed by atoms with Crippen LogP contribution in [0.1, 0.15) is 55.9 Å². The van der Waals surface area contributed by atoms with E-state index in [1.807, 2.05) is 78.9 Å². The fourth-order valence-electron chi connectivity index (χ4n) is 5.29. The minimum atomic E-state index is -1.29. The normalized spacial score (nSPS) is 12.6. The van der Waals surface area contributed by atoms with Crippen molar-refractivity contribution in [3.8, 4) is 0 Å². The van der Waals surface area contributed by atoms with Crippen molar-refractivity contribution in [2.24, 2.45) is 0 Å². The van der Waals surface area contributed by atoms with Crippen LogP contribution in [0.25, 0.3) is 0 Å². The summed E-state index contributed by atoms with van der Waals surface area (Å²) >= 11 is 0. The van der Waals surface area contributed by atoms with Gasteiger partial charge < -0.3 is 35.1 Å². The molecule has 0 aliphatic heterocycles. The number of carbonyl (C=O) groups excluding carboxylic acids is 5. The summed E-state index contributed by atoms with van der Waals surface area (Å²) in [5.41, 5.74) is 3.82. The largest absolute Gasteiger partial charge is 0.461 e. The smallest absolute Gasteiger partial charge is 0.408 e. The molecular weight excluding hydrogens is 640 g/mol.